The molecule has 0 spiro atoms. The van der Waals surface area contributed by atoms with Gasteiger partial charge in [-0.15, -0.1) is 0 Å². The second kappa shape index (κ2) is 11.8. The average Bonchev–Trinajstić information content (AvgIpc) is 3.55. The van der Waals surface area contributed by atoms with Gasteiger partial charge >= 0.3 is 30.0 Å². The van der Waals surface area contributed by atoms with Gasteiger partial charge in [-0.3, -0.25) is 4.79 Å². The van der Waals surface area contributed by atoms with Crippen molar-refractivity contribution in [3.05, 3.63) is 71.8 Å². The molecule has 0 saturated heterocycles. The van der Waals surface area contributed by atoms with Gasteiger partial charge < -0.3 is 29.0 Å². The van der Waals surface area contributed by atoms with Crippen LogP contribution in [-0.2, 0) is 33.3 Å². The molecule has 0 radical (unpaired) electrons. The number of amides is 1. The van der Waals surface area contributed by atoms with Crippen molar-refractivity contribution in [1.29, 1.82) is 0 Å². The van der Waals surface area contributed by atoms with Crippen LogP contribution in [0.5, 0.6) is 0 Å². The van der Waals surface area contributed by atoms with Crippen LogP contribution in [0.3, 0.4) is 0 Å². The van der Waals surface area contributed by atoms with Gasteiger partial charge in [-0.1, -0.05) is 36.4 Å². The summed E-state index contributed by atoms with van der Waals surface area (Å²) in [7, 11) is 0. The fraction of sp³-hybridized carbons (Fsp3) is 0.414. The summed E-state index contributed by atoms with van der Waals surface area (Å²) < 4.78 is 25.9. The smallest absolute Gasteiger partial charge is 0.408 e. The molecule has 2 aromatic carbocycles. The van der Waals surface area contributed by atoms with Crippen molar-refractivity contribution >= 4 is 30.0 Å². The highest BCUT2D eigenvalue weighted by molar-refractivity contribution is 5.92. The van der Waals surface area contributed by atoms with Gasteiger partial charge in [0.1, 0.15) is 11.1 Å². The molecule has 0 aliphatic heterocycles. The van der Waals surface area contributed by atoms with Crippen LogP contribution >= 0.6 is 0 Å². The van der Waals surface area contributed by atoms with Crippen LogP contribution in [-0.4, -0.2) is 54.7 Å². The number of hydrogen-bond donors (Lipinski definition) is 1. The van der Waals surface area contributed by atoms with E-state index >= 15 is 0 Å². The largest absolute Gasteiger partial charge is 0.444 e. The van der Waals surface area contributed by atoms with Gasteiger partial charge in [-0.05, 0) is 63.8 Å². The minimum atomic E-state index is -1.60. The zero-order chi connectivity index (χ0) is 28.9. The predicted molar refractivity (Wildman–Crippen MR) is 137 cm³/mol. The number of ether oxygens (including phenoxy) is 5. The van der Waals surface area contributed by atoms with Crippen LogP contribution in [0.1, 0.15) is 54.3 Å². The molecule has 11 heteroatoms. The molecule has 1 N–H and O–H groups in total. The Morgan fingerprint density at radius 1 is 0.800 bits per heavy atom. The Labute approximate surface area is 231 Å². The molecule has 2 saturated carbocycles. The molecule has 0 bridgehead atoms. The number of benzene rings is 2. The quantitative estimate of drug-likeness (QED) is 0.278. The summed E-state index contributed by atoms with van der Waals surface area (Å²) in [5.41, 5.74) is -1.86. The van der Waals surface area contributed by atoms with E-state index in [0.717, 1.165) is 0 Å². The molecule has 2 aliphatic carbocycles. The van der Waals surface area contributed by atoms with E-state index in [2.05, 4.69) is 5.32 Å². The third kappa shape index (κ3) is 6.59. The number of carbonyl (C=O) groups is 5. The summed E-state index contributed by atoms with van der Waals surface area (Å²) in [5.74, 6) is -4.53. The highest BCUT2D eigenvalue weighted by Crippen LogP contribution is 2.63. The van der Waals surface area contributed by atoms with E-state index in [4.69, 9.17) is 23.7 Å². The Hall–Kier alpha value is -4.41. The highest BCUT2D eigenvalue weighted by atomic mass is 16.7. The first-order chi connectivity index (χ1) is 19.0. The third-order valence-corrected chi connectivity index (χ3v) is 6.76. The second-order valence-corrected chi connectivity index (χ2v) is 10.6. The number of alkyl carbamates (subject to hydrolysis) is 1. The lowest BCUT2D eigenvalue weighted by atomic mass is 9.90. The molecule has 4 atom stereocenters. The van der Waals surface area contributed by atoms with E-state index in [-0.39, 0.29) is 17.9 Å². The van der Waals surface area contributed by atoms with E-state index in [1.165, 1.54) is 0 Å². The minimum absolute atomic E-state index is 0.180. The number of hydrogen-bond acceptors (Lipinski definition) is 10. The molecule has 0 heterocycles. The molecule has 2 aromatic rings. The van der Waals surface area contributed by atoms with E-state index in [1.807, 2.05) is 0 Å². The molecular weight excluding hydrogens is 522 g/mol. The van der Waals surface area contributed by atoms with Gasteiger partial charge in [0.05, 0.1) is 17.0 Å². The van der Waals surface area contributed by atoms with Gasteiger partial charge in [-0.25, -0.2) is 19.2 Å². The topological polar surface area (TPSA) is 144 Å². The van der Waals surface area contributed by atoms with Gasteiger partial charge in [0.2, 0.25) is 13.6 Å². The van der Waals surface area contributed by atoms with Gasteiger partial charge in [-0.2, -0.15) is 0 Å². The summed E-state index contributed by atoms with van der Waals surface area (Å²) >= 11 is 0. The molecule has 0 aromatic heterocycles. The van der Waals surface area contributed by atoms with Gasteiger partial charge in [0, 0.05) is 5.92 Å². The first kappa shape index (κ1) is 28.6. The molecule has 1 amide bonds. The summed E-state index contributed by atoms with van der Waals surface area (Å²) in [6.07, 6.45) is -0.259. The van der Waals surface area contributed by atoms with Crippen molar-refractivity contribution in [3.8, 4) is 0 Å². The maximum atomic E-state index is 13.3. The van der Waals surface area contributed by atoms with Gasteiger partial charge in [0.25, 0.3) is 0 Å². The molecule has 4 rings (SSSR count). The monoisotopic (exact) mass is 553 g/mol. The van der Waals surface area contributed by atoms with E-state index in [9.17, 15) is 24.0 Å². The fourth-order valence-corrected chi connectivity index (χ4v) is 5.03. The summed E-state index contributed by atoms with van der Waals surface area (Å²) in [4.78, 5) is 63.2. The zero-order valence-electron chi connectivity index (χ0n) is 22.4. The maximum Gasteiger partial charge on any atom is 0.408 e. The lowest BCUT2D eigenvalue weighted by Crippen LogP contribution is -2.57. The number of fused-ring (bicyclic) bond motifs is 1. The second-order valence-electron chi connectivity index (χ2n) is 10.6. The third-order valence-electron chi connectivity index (χ3n) is 6.76. The normalized spacial score (nSPS) is 22.7. The van der Waals surface area contributed by atoms with Crippen LogP contribution in [0.15, 0.2) is 60.7 Å². The lowest BCUT2D eigenvalue weighted by Gasteiger charge is -2.32. The Morgan fingerprint density at radius 2 is 1.32 bits per heavy atom. The van der Waals surface area contributed by atoms with Crippen LogP contribution in [0, 0.1) is 17.8 Å². The van der Waals surface area contributed by atoms with E-state index in [0.29, 0.717) is 12.0 Å². The van der Waals surface area contributed by atoms with E-state index < -0.39 is 66.5 Å². The maximum absolute atomic E-state index is 13.3. The van der Waals surface area contributed by atoms with Crippen LogP contribution in [0.25, 0.3) is 0 Å². The molecule has 40 heavy (non-hydrogen) atoms. The summed E-state index contributed by atoms with van der Waals surface area (Å²) in [6.45, 7) is 3.73. The van der Waals surface area contributed by atoms with Crippen LogP contribution < -0.4 is 5.32 Å². The predicted octanol–water partition coefficient (Wildman–Crippen LogP) is 3.62. The minimum Gasteiger partial charge on any atom is -0.444 e. The van der Waals surface area contributed by atoms with Crippen molar-refractivity contribution in [2.45, 2.75) is 44.8 Å². The van der Waals surface area contributed by atoms with E-state index in [1.54, 1.807) is 81.4 Å². The number of nitrogens with one attached hydrogen (secondary N) is 1. The first-order valence-corrected chi connectivity index (χ1v) is 12.8. The Bertz CT molecular complexity index is 1260. The highest BCUT2D eigenvalue weighted by Gasteiger charge is 2.73. The van der Waals surface area contributed by atoms with Crippen molar-refractivity contribution in [2.75, 3.05) is 13.6 Å². The SMILES string of the molecule is CC(C)(C)OC(=O)N[C@@]1(C(=O)OCOC(=O)c2ccccc2)CC[C@H]2[C@H](C(=O)OCOC(=O)c3ccccc3)[C@H]21. The zero-order valence-corrected chi connectivity index (χ0v) is 22.4. The van der Waals surface area contributed by atoms with Crippen molar-refractivity contribution in [3.63, 3.8) is 0 Å². The van der Waals surface area contributed by atoms with Crippen molar-refractivity contribution in [1.82, 2.24) is 5.32 Å². The Balaban J connectivity index is 1.39. The number of esters is 4. The number of carbonyl (C=O) groups excluding carboxylic acids is 5. The lowest BCUT2D eigenvalue weighted by molar-refractivity contribution is -0.162. The average molecular weight is 554 g/mol. The molecule has 212 valence electrons. The molecule has 0 unspecified atom stereocenters. The Morgan fingerprint density at radius 3 is 1.85 bits per heavy atom. The molecular formula is C29H31NO10. The first-order valence-electron chi connectivity index (χ1n) is 12.8. The van der Waals surface area contributed by atoms with Crippen LogP contribution in [0.2, 0.25) is 0 Å². The van der Waals surface area contributed by atoms with Crippen LogP contribution in [0.4, 0.5) is 4.79 Å². The summed E-state index contributed by atoms with van der Waals surface area (Å²) in [6, 6.07) is 16.4. The van der Waals surface area contributed by atoms with Crippen molar-refractivity contribution in [2.24, 2.45) is 17.8 Å². The Kier molecular flexibility index (Phi) is 8.41. The van der Waals surface area contributed by atoms with Gasteiger partial charge in [0.15, 0.2) is 0 Å². The molecule has 11 nitrogen and oxygen atoms in total. The fourth-order valence-electron chi connectivity index (χ4n) is 5.03. The molecule has 2 aliphatic rings. The summed E-state index contributed by atoms with van der Waals surface area (Å²) in [5, 5.41) is 2.62. The standard InChI is InChI=1S/C29H31NO10/c1-28(2,3)40-27(35)30-29(26(34)39-17-37-24(32)19-12-8-5-9-13-19)15-14-20-21(22(20)29)25(33)38-16-36-23(31)18-10-6-4-7-11-18/h4-13,20-22H,14-17H2,1-3H3,(H,30,35)/t20-,21-,22-,29-/m0/s1. The molecule has 2 fully saturated rings. The number of rotatable bonds is 9. The van der Waals surface area contributed by atoms with Crippen molar-refractivity contribution < 1.29 is 47.7 Å².